The van der Waals surface area contributed by atoms with E-state index in [4.69, 9.17) is 4.98 Å². The molecule has 1 aromatic carbocycles. The summed E-state index contributed by atoms with van der Waals surface area (Å²) in [5.41, 5.74) is 4.10. The van der Waals surface area contributed by atoms with Gasteiger partial charge in [-0.3, -0.25) is 4.98 Å². The summed E-state index contributed by atoms with van der Waals surface area (Å²) in [4.78, 5) is 14.5. The molecule has 0 unspecified atom stereocenters. The number of benzene rings is 1. The highest BCUT2D eigenvalue weighted by atomic mass is 32.2. The lowest BCUT2D eigenvalue weighted by atomic mass is 10.1. The lowest BCUT2D eigenvalue weighted by Crippen LogP contribution is -2.08. The average Bonchev–Trinajstić information content (AvgIpc) is 3.18. The largest absolute Gasteiger partial charge is 0.367 e. The zero-order valence-corrected chi connectivity index (χ0v) is 15.3. The number of hydrogen-bond donors (Lipinski definition) is 1. The van der Waals surface area contributed by atoms with Gasteiger partial charge in [-0.2, -0.15) is 0 Å². The summed E-state index contributed by atoms with van der Waals surface area (Å²) in [6.45, 7) is 0.786. The summed E-state index contributed by atoms with van der Waals surface area (Å²) >= 11 is 1.74. The predicted octanol–water partition coefficient (Wildman–Crippen LogP) is 4.17. The number of aromatic nitrogens is 4. The van der Waals surface area contributed by atoms with Crippen LogP contribution in [0.25, 0.3) is 16.9 Å². The maximum Gasteiger partial charge on any atom is 0.180 e. The molecular weight excluding hydrogens is 342 g/mol. The van der Waals surface area contributed by atoms with Crippen molar-refractivity contribution in [2.45, 2.75) is 11.3 Å². The van der Waals surface area contributed by atoms with Crippen molar-refractivity contribution in [3.8, 4) is 11.3 Å². The molecule has 3 heterocycles. The van der Waals surface area contributed by atoms with E-state index in [-0.39, 0.29) is 0 Å². The van der Waals surface area contributed by atoms with Gasteiger partial charge in [0.15, 0.2) is 11.5 Å². The molecule has 26 heavy (non-hydrogen) atoms. The first-order valence-electron chi connectivity index (χ1n) is 8.44. The molecule has 0 saturated heterocycles. The van der Waals surface area contributed by atoms with Crippen molar-refractivity contribution in [2.24, 2.45) is 0 Å². The number of thioether (sulfide) groups is 1. The molecule has 0 saturated carbocycles. The zero-order valence-electron chi connectivity index (χ0n) is 14.5. The van der Waals surface area contributed by atoms with E-state index in [0.29, 0.717) is 0 Å². The van der Waals surface area contributed by atoms with E-state index in [9.17, 15) is 0 Å². The van der Waals surface area contributed by atoms with Crippen LogP contribution in [0, 0.1) is 0 Å². The fourth-order valence-corrected chi connectivity index (χ4v) is 3.23. The minimum Gasteiger partial charge on any atom is -0.367 e. The lowest BCUT2D eigenvalue weighted by Gasteiger charge is -2.10. The average molecular weight is 361 g/mol. The van der Waals surface area contributed by atoms with Crippen LogP contribution in [0.15, 0.2) is 72.3 Å². The molecule has 0 radical (unpaired) electrons. The van der Waals surface area contributed by atoms with Crippen LogP contribution >= 0.6 is 11.8 Å². The Balaban J connectivity index is 1.59. The molecule has 0 bridgehead atoms. The molecule has 0 spiro atoms. The molecule has 0 fully saturated rings. The Bertz CT molecular complexity index is 996. The van der Waals surface area contributed by atoms with Gasteiger partial charge in [0.25, 0.3) is 0 Å². The van der Waals surface area contributed by atoms with E-state index in [1.807, 2.05) is 41.3 Å². The van der Waals surface area contributed by atoms with Crippen molar-refractivity contribution in [3.05, 3.63) is 72.9 Å². The lowest BCUT2D eigenvalue weighted by molar-refractivity contribution is 0.994. The highest BCUT2D eigenvalue weighted by Crippen LogP contribution is 2.24. The van der Waals surface area contributed by atoms with Crippen molar-refractivity contribution in [3.63, 3.8) is 0 Å². The van der Waals surface area contributed by atoms with Gasteiger partial charge in [-0.05, 0) is 42.5 Å². The number of fused-ring (bicyclic) bond motifs is 1. The van der Waals surface area contributed by atoms with E-state index in [1.165, 1.54) is 10.5 Å². The Morgan fingerprint density at radius 3 is 2.62 bits per heavy atom. The summed E-state index contributed by atoms with van der Waals surface area (Å²) < 4.78 is 2.01. The van der Waals surface area contributed by atoms with E-state index in [2.05, 4.69) is 45.8 Å². The summed E-state index contributed by atoms with van der Waals surface area (Å²) in [5, 5.41) is 3.44. The Morgan fingerprint density at radius 2 is 1.85 bits per heavy atom. The maximum atomic E-state index is 4.82. The fraction of sp³-hybridized carbons (Fsp3) is 0.150. The second-order valence-electron chi connectivity index (χ2n) is 5.89. The Hall–Kier alpha value is -2.86. The van der Waals surface area contributed by atoms with Gasteiger partial charge in [0.1, 0.15) is 0 Å². The first-order chi connectivity index (χ1) is 12.8. The minimum atomic E-state index is 0.786. The van der Waals surface area contributed by atoms with Gasteiger partial charge < -0.3 is 9.72 Å². The van der Waals surface area contributed by atoms with Crippen LogP contribution in [-0.2, 0) is 6.42 Å². The van der Waals surface area contributed by atoms with Crippen LogP contribution in [0.3, 0.4) is 0 Å². The molecule has 130 valence electrons. The smallest absolute Gasteiger partial charge is 0.180 e. The molecule has 0 aliphatic rings. The van der Waals surface area contributed by atoms with Gasteiger partial charge >= 0.3 is 0 Å². The number of rotatable bonds is 6. The van der Waals surface area contributed by atoms with Crippen molar-refractivity contribution in [1.82, 2.24) is 19.4 Å². The zero-order chi connectivity index (χ0) is 17.8. The normalized spacial score (nSPS) is 11.0. The SMILES string of the molecule is CSc1ccc(-c2cn3ccnc3c(NCCc3ccncc3)n2)cc1. The van der Waals surface area contributed by atoms with Crippen LogP contribution in [0.1, 0.15) is 5.56 Å². The minimum absolute atomic E-state index is 0.786. The standard InChI is InChI=1S/C20H19N5S/c1-26-17-4-2-16(3-5-17)18-14-25-13-12-23-20(25)19(24-18)22-11-8-15-6-9-21-10-7-15/h2-7,9-10,12-14H,8,11H2,1H3,(H,22,24). The maximum absolute atomic E-state index is 4.82. The van der Waals surface area contributed by atoms with Gasteiger partial charge in [-0.1, -0.05) is 12.1 Å². The topological polar surface area (TPSA) is 55.1 Å². The van der Waals surface area contributed by atoms with Crippen LogP contribution in [0.5, 0.6) is 0 Å². The summed E-state index contributed by atoms with van der Waals surface area (Å²) in [6, 6.07) is 12.5. The Labute approximate surface area is 156 Å². The van der Waals surface area contributed by atoms with E-state index in [1.54, 1.807) is 18.0 Å². The van der Waals surface area contributed by atoms with Gasteiger partial charge in [0, 0.05) is 48.0 Å². The van der Waals surface area contributed by atoms with E-state index in [0.717, 1.165) is 35.7 Å². The first kappa shape index (κ1) is 16.6. The van der Waals surface area contributed by atoms with Crippen LogP contribution in [-0.4, -0.2) is 32.2 Å². The highest BCUT2D eigenvalue weighted by molar-refractivity contribution is 7.98. The molecule has 6 heteroatoms. The van der Waals surface area contributed by atoms with E-state index < -0.39 is 0 Å². The number of anilines is 1. The number of nitrogens with zero attached hydrogens (tertiary/aromatic N) is 4. The molecule has 0 aliphatic heterocycles. The fourth-order valence-electron chi connectivity index (χ4n) is 2.83. The molecule has 4 aromatic rings. The monoisotopic (exact) mass is 361 g/mol. The van der Waals surface area contributed by atoms with Crippen LogP contribution in [0.4, 0.5) is 5.82 Å². The molecular formula is C20H19N5S. The molecule has 3 aromatic heterocycles. The summed E-state index contributed by atoms with van der Waals surface area (Å²) in [5.74, 6) is 0.801. The highest BCUT2D eigenvalue weighted by Gasteiger charge is 2.09. The molecule has 0 amide bonds. The van der Waals surface area contributed by atoms with Gasteiger partial charge in [0.05, 0.1) is 5.69 Å². The molecule has 0 atom stereocenters. The number of pyridine rings is 1. The van der Waals surface area contributed by atoms with Crippen molar-refractivity contribution in [2.75, 3.05) is 18.1 Å². The summed E-state index contributed by atoms with van der Waals surface area (Å²) in [6.07, 6.45) is 12.4. The second kappa shape index (κ2) is 7.58. The van der Waals surface area contributed by atoms with Crippen LogP contribution < -0.4 is 5.32 Å². The quantitative estimate of drug-likeness (QED) is 0.523. The Kier molecular flexibility index (Phi) is 4.84. The number of hydrogen-bond acceptors (Lipinski definition) is 5. The van der Waals surface area contributed by atoms with Crippen molar-refractivity contribution >= 4 is 23.2 Å². The van der Waals surface area contributed by atoms with Crippen LogP contribution in [0.2, 0.25) is 0 Å². The van der Waals surface area contributed by atoms with Crippen molar-refractivity contribution in [1.29, 1.82) is 0 Å². The molecule has 5 nitrogen and oxygen atoms in total. The third-order valence-electron chi connectivity index (χ3n) is 4.22. The van der Waals surface area contributed by atoms with Gasteiger partial charge in [-0.25, -0.2) is 9.97 Å². The predicted molar refractivity (Wildman–Crippen MR) is 107 cm³/mol. The van der Waals surface area contributed by atoms with Crippen molar-refractivity contribution < 1.29 is 0 Å². The molecule has 0 aliphatic carbocycles. The molecule has 4 rings (SSSR count). The van der Waals surface area contributed by atoms with Gasteiger partial charge in [-0.15, -0.1) is 11.8 Å². The number of nitrogens with one attached hydrogen (secondary N) is 1. The third-order valence-corrected chi connectivity index (χ3v) is 4.96. The van der Waals surface area contributed by atoms with E-state index >= 15 is 0 Å². The molecule has 1 N–H and O–H groups in total. The Morgan fingerprint density at radius 1 is 1.04 bits per heavy atom. The summed E-state index contributed by atoms with van der Waals surface area (Å²) in [7, 11) is 0. The first-order valence-corrected chi connectivity index (χ1v) is 9.67. The second-order valence-corrected chi connectivity index (χ2v) is 6.77. The number of imidazole rings is 1. The van der Waals surface area contributed by atoms with Gasteiger partial charge in [0.2, 0.25) is 0 Å². The third kappa shape index (κ3) is 3.55.